The lowest BCUT2D eigenvalue weighted by Gasteiger charge is -2.32. The van der Waals surface area contributed by atoms with Gasteiger partial charge in [0.25, 0.3) is 0 Å². The first-order valence-electron chi connectivity index (χ1n) is 6.11. The number of hydrogen-bond donors (Lipinski definition) is 1. The fraction of sp³-hybridized carbons (Fsp3) is 0.909. The molecule has 0 bridgehead atoms. The zero-order valence-electron chi connectivity index (χ0n) is 10.3. The van der Waals surface area contributed by atoms with Crippen LogP contribution in [0.4, 0.5) is 0 Å². The van der Waals surface area contributed by atoms with E-state index < -0.39 is 0 Å². The van der Waals surface area contributed by atoms with Gasteiger partial charge < -0.3 is 24.8 Å². The highest BCUT2D eigenvalue weighted by molar-refractivity contribution is 5.78. The van der Waals surface area contributed by atoms with Gasteiger partial charge in [0.2, 0.25) is 0 Å². The molecule has 0 spiro atoms. The Bertz CT molecular complexity index is 267. The predicted molar refractivity (Wildman–Crippen MR) is 64.0 cm³/mol. The molecule has 0 aliphatic carbocycles. The Labute approximate surface area is 102 Å². The molecule has 0 radical (unpaired) electrons. The van der Waals surface area contributed by atoms with Crippen molar-refractivity contribution in [2.75, 3.05) is 46.1 Å². The molecule has 2 fully saturated rings. The second-order valence-corrected chi connectivity index (χ2v) is 4.39. The lowest BCUT2D eigenvalue weighted by atomic mass is 10.3. The van der Waals surface area contributed by atoms with E-state index in [2.05, 4.69) is 9.89 Å². The maximum absolute atomic E-state index is 5.95. The second kappa shape index (κ2) is 6.18. The lowest BCUT2D eigenvalue weighted by Crippen LogP contribution is -2.48. The predicted octanol–water partition coefficient (Wildman–Crippen LogP) is -0.563. The van der Waals surface area contributed by atoms with Crippen LogP contribution >= 0.6 is 0 Å². The number of ether oxygens (including phenoxy) is 3. The molecule has 98 valence electrons. The van der Waals surface area contributed by atoms with Crippen LogP contribution in [0.2, 0.25) is 0 Å². The molecule has 2 aliphatic heterocycles. The summed E-state index contributed by atoms with van der Waals surface area (Å²) in [7, 11) is 0. The summed E-state index contributed by atoms with van der Waals surface area (Å²) in [6.07, 6.45) is 0.257. The third kappa shape index (κ3) is 3.83. The maximum Gasteiger partial charge on any atom is 0.191 e. The summed E-state index contributed by atoms with van der Waals surface area (Å²) in [6, 6.07) is 0. The number of aliphatic imine (C=N–C) groups is 1. The standard InChI is InChI=1S/C11H21N3O3/c1-9-7-14(2-3-16-9)11(12)13-6-10-8-15-4-5-17-10/h9-10H,2-8H2,1H3,(H2,12,13). The number of rotatable bonds is 2. The van der Waals surface area contributed by atoms with Crippen LogP contribution in [-0.4, -0.2) is 69.1 Å². The quantitative estimate of drug-likeness (QED) is 0.520. The number of nitrogens with two attached hydrogens (primary N) is 1. The summed E-state index contributed by atoms with van der Waals surface area (Å²) in [6.45, 7) is 6.86. The van der Waals surface area contributed by atoms with Crippen molar-refractivity contribution in [2.24, 2.45) is 10.7 Å². The van der Waals surface area contributed by atoms with E-state index in [0.717, 1.165) is 13.1 Å². The van der Waals surface area contributed by atoms with Gasteiger partial charge in [-0.15, -0.1) is 0 Å². The van der Waals surface area contributed by atoms with E-state index in [1.807, 2.05) is 6.92 Å². The second-order valence-electron chi connectivity index (χ2n) is 4.39. The van der Waals surface area contributed by atoms with Crippen LogP contribution in [-0.2, 0) is 14.2 Å². The summed E-state index contributed by atoms with van der Waals surface area (Å²) in [5.74, 6) is 0.578. The summed E-state index contributed by atoms with van der Waals surface area (Å²) in [5, 5.41) is 0. The molecule has 2 rings (SSSR count). The molecular weight excluding hydrogens is 222 g/mol. The van der Waals surface area contributed by atoms with Crippen molar-refractivity contribution in [3.63, 3.8) is 0 Å². The van der Waals surface area contributed by atoms with Gasteiger partial charge in [-0.25, -0.2) is 0 Å². The van der Waals surface area contributed by atoms with Gasteiger partial charge in [-0.05, 0) is 6.92 Å². The summed E-state index contributed by atoms with van der Waals surface area (Å²) in [5.41, 5.74) is 5.95. The number of nitrogens with zero attached hydrogens (tertiary/aromatic N) is 2. The SMILES string of the molecule is CC1CN(C(N)=NCC2COCCO2)CCO1. The van der Waals surface area contributed by atoms with E-state index in [-0.39, 0.29) is 12.2 Å². The minimum absolute atomic E-state index is 0.0424. The monoisotopic (exact) mass is 243 g/mol. The average molecular weight is 243 g/mol. The fourth-order valence-corrected chi connectivity index (χ4v) is 1.96. The van der Waals surface area contributed by atoms with Crippen LogP contribution in [0.15, 0.2) is 4.99 Å². The van der Waals surface area contributed by atoms with E-state index in [1.165, 1.54) is 0 Å². The Kier molecular flexibility index (Phi) is 4.58. The van der Waals surface area contributed by atoms with E-state index in [9.17, 15) is 0 Å². The Hall–Kier alpha value is -0.850. The maximum atomic E-state index is 5.95. The van der Waals surface area contributed by atoms with E-state index >= 15 is 0 Å². The van der Waals surface area contributed by atoms with Crippen molar-refractivity contribution in [3.8, 4) is 0 Å². The van der Waals surface area contributed by atoms with Crippen molar-refractivity contribution >= 4 is 5.96 Å². The Morgan fingerprint density at radius 1 is 1.35 bits per heavy atom. The molecule has 0 aromatic heterocycles. The summed E-state index contributed by atoms with van der Waals surface area (Å²) in [4.78, 5) is 6.42. The van der Waals surface area contributed by atoms with Gasteiger partial charge in [0.05, 0.1) is 39.1 Å². The molecular formula is C11H21N3O3. The summed E-state index contributed by atoms with van der Waals surface area (Å²) < 4.78 is 16.3. The van der Waals surface area contributed by atoms with Gasteiger partial charge in [-0.3, -0.25) is 4.99 Å². The highest BCUT2D eigenvalue weighted by Gasteiger charge is 2.19. The molecule has 6 nitrogen and oxygen atoms in total. The van der Waals surface area contributed by atoms with Gasteiger partial charge in [0.1, 0.15) is 6.10 Å². The largest absolute Gasteiger partial charge is 0.376 e. The van der Waals surface area contributed by atoms with E-state index in [0.29, 0.717) is 38.9 Å². The van der Waals surface area contributed by atoms with E-state index in [1.54, 1.807) is 0 Å². The topological polar surface area (TPSA) is 69.3 Å². The summed E-state index contributed by atoms with van der Waals surface area (Å²) >= 11 is 0. The molecule has 0 saturated carbocycles. The van der Waals surface area contributed by atoms with Gasteiger partial charge in [0.15, 0.2) is 5.96 Å². The molecule has 0 amide bonds. The number of guanidine groups is 1. The molecule has 2 N–H and O–H groups in total. The minimum atomic E-state index is 0.0424. The third-order valence-corrected chi connectivity index (χ3v) is 2.91. The Morgan fingerprint density at radius 3 is 2.94 bits per heavy atom. The van der Waals surface area contributed by atoms with Crippen molar-refractivity contribution in [1.29, 1.82) is 0 Å². The number of morpholine rings is 1. The van der Waals surface area contributed by atoms with Crippen molar-refractivity contribution in [2.45, 2.75) is 19.1 Å². The molecule has 2 saturated heterocycles. The minimum Gasteiger partial charge on any atom is -0.376 e. The normalized spacial score (nSPS) is 31.6. The zero-order chi connectivity index (χ0) is 12.1. The average Bonchev–Trinajstić information content (AvgIpc) is 2.37. The molecule has 0 aromatic rings. The van der Waals surface area contributed by atoms with Crippen molar-refractivity contribution in [1.82, 2.24) is 4.90 Å². The molecule has 6 heteroatoms. The number of hydrogen-bond acceptors (Lipinski definition) is 4. The fourth-order valence-electron chi connectivity index (χ4n) is 1.96. The van der Waals surface area contributed by atoms with Gasteiger partial charge >= 0.3 is 0 Å². The third-order valence-electron chi connectivity index (χ3n) is 2.91. The molecule has 0 aromatic carbocycles. The molecule has 2 heterocycles. The first-order chi connectivity index (χ1) is 8.25. The highest BCUT2D eigenvalue weighted by Crippen LogP contribution is 2.05. The van der Waals surface area contributed by atoms with Gasteiger partial charge in [-0.1, -0.05) is 0 Å². The van der Waals surface area contributed by atoms with Crippen molar-refractivity contribution < 1.29 is 14.2 Å². The first kappa shape index (κ1) is 12.6. The Balaban J connectivity index is 1.79. The van der Waals surface area contributed by atoms with Crippen LogP contribution in [0.3, 0.4) is 0 Å². The highest BCUT2D eigenvalue weighted by atomic mass is 16.6. The molecule has 2 aliphatic rings. The molecule has 2 atom stereocenters. The van der Waals surface area contributed by atoms with Crippen LogP contribution in [0.5, 0.6) is 0 Å². The van der Waals surface area contributed by atoms with Crippen LogP contribution < -0.4 is 5.73 Å². The smallest absolute Gasteiger partial charge is 0.191 e. The van der Waals surface area contributed by atoms with Crippen LogP contribution in [0, 0.1) is 0 Å². The zero-order valence-corrected chi connectivity index (χ0v) is 10.3. The van der Waals surface area contributed by atoms with Crippen LogP contribution in [0.25, 0.3) is 0 Å². The molecule has 2 unspecified atom stereocenters. The van der Waals surface area contributed by atoms with E-state index in [4.69, 9.17) is 19.9 Å². The lowest BCUT2D eigenvalue weighted by molar-refractivity contribution is -0.0833. The first-order valence-corrected chi connectivity index (χ1v) is 6.11. The van der Waals surface area contributed by atoms with Gasteiger partial charge in [0, 0.05) is 13.1 Å². The molecule has 17 heavy (non-hydrogen) atoms. The van der Waals surface area contributed by atoms with Crippen LogP contribution in [0.1, 0.15) is 6.92 Å². The van der Waals surface area contributed by atoms with Crippen molar-refractivity contribution in [3.05, 3.63) is 0 Å². The Morgan fingerprint density at radius 2 is 2.24 bits per heavy atom. The van der Waals surface area contributed by atoms with Gasteiger partial charge in [-0.2, -0.15) is 0 Å².